The molecule has 1 atom stereocenters. The van der Waals surface area contributed by atoms with Crippen LogP contribution in [0.25, 0.3) is 0 Å². The van der Waals surface area contributed by atoms with Gasteiger partial charge in [-0.15, -0.1) is 24.0 Å². The summed E-state index contributed by atoms with van der Waals surface area (Å²) in [7, 11) is 6.08. The summed E-state index contributed by atoms with van der Waals surface area (Å²) in [6.45, 7) is 2.97. The van der Waals surface area contributed by atoms with E-state index < -0.39 is 0 Å². The summed E-state index contributed by atoms with van der Waals surface area (Å²) in [5.41, 5.74) is 1.22. The molecule has 0 radical (unpaired) electrons. The second-order valence-corrected chi connectivity index (χ2v) is 6.12. The van der Waals surface area contributed by atoms with Gasteiger partial charge in [-0.25, -0.2) is 0 Å². The van der Waals surface area contributed by atoms with E-state index >= 15 is 0 Å². The molecule has 1 heterocycles. The molecule has 22 heavy (non-hydrogen) atoms. The third-order valence-corrected chi connectivity index (χ3v) is 4.33. The van der Waals surface area contributed by atoms with Crippen LogP contribution in [0, 0.1) is 0 Å². The van der Waals surface area contributed by atoms with Crippen LogP contribution in [0.5, 0.6) is 0 Å². The number of nitrogens with one attached hydrogen (secondary N) is 1. The summed E-state index contributed by atoms with van der Waals surface area (Å²) >= 11 is 5.92. The highest BCUT2D eigenvalue weighted by Gasteiger charge is 2.21. The molecule has 1 saturated heterocycles. The summed E-state index contributed by atoms with van der Waals surface area (Å²) in [4.78, 5) is 8.93. The first-order valence-electron chi connectivity index (χ1n) is 7.46. The molecule has 0 spiro atoms. The molecule has 0 saturated carbocycles. The largest absolute Gasteiger partial charge is 0.355 e. The Morgan fingerprint density at radius 1 is 1.41 bits per heavy atom. The maximum absolute atomic E-state index is 5.92. The molecule has 1 aliphatic heterocycles. The lowest BCUT2D eigenvalue weighted by molar-refractivity contribution is 0.306. The summed E-state index contributed by atoms with van der Waals surface area (Å²) in [6.07, 6.45) is 2.56. The van der Waals surface area contributed by atoms with Gasteiger partial charge in [0.15, 0.2) is 5.96 Å². The highest BCUT2D eigenvalue weighted by Crippen LogP contribution is 2.14. The number of hydrogen-bond acceptors (Lipinski definition) is 2. The van der Waals surface area contributed by atoms with Crippen LogP contribution in [0.1, 0.15) is 18.4 Å². The minimum atomic E-state index is 0. The SMILES string of the molecule is CN=C(NCC1CCCN1C)N(C)Cc1ccc(Cl)cc1.I. The van der Waals surface area contributed by atoms with Gasteiger partial charge in [-0.3, -0.25) is 4.99 Å². The Morgan fingerprint density at radius 3 is 2.64 bits per heavy atom. The van der Waals surface area contributed by atoms with Gasteiger partial charge in [0.25, 0.3) is 0 Å². The fourth-order valence-corrected chi connectivity index (χ4v) is 2.90. The first-order valence-corrected chi connectivity index (χ1v) is 7.84. The standard InChI is InChI=1S/C16H25ClN4.HI/c1-18-16(19-11-15-5-4-10-20(15)2)21(3)12-13-6-8-14(17)9-7-13;/h6-9,15H,4-5,10-12H2,1-3H3,(H,18,19);1H. The van der Waals surface area contributed by atoms with E-state index in [1.165, 1.54) is 24.9 Å². The van der Waals surface area contributed by atoms with Crippen molar-refractivity contribution in [3.8, 4) is 0 Å². The van der Waals surface area contributed by atoms with Crippen LogP contribution in [0.4, 0.5) is 0 Å². The zero-order chi connectivity index (χ0) is 15.2. The minimum Gasteiger partial charge on any atom is -0.355 e. The first-order chi connectivity index (χ1) is 10.1. The van der Waals surface area contributed by atoms with Crippen LogP contribution in [0.15, 0.2) is 29.3 Å². The molecule has 2 rings (SSSR count). The predicted molar refractivity (Wildman–Crippen MR) is 105 cm³/mol. The molecule has 0 aliphatic carbocycles. The topological polar surface area (TPSA) is 30.9 Å². The summed E-state index contributed by atoms with van der Waals surface area (Å²) in [5, 5.41) is 4.25. The average Bonchev–Trinajstić information content (AvgIpc) is 2.88. The lowest BCUT2D eigenvalue weighted by Crippen LogP contribution is -2.44. The summed E-state index contributed by atoms with van der Waals surface area (Å²) < 4.78 is 0. The fourth-order valence-electron chi connectivity index (χ4n) is 2.77. The van der Waals surface area contributed by atoms with Crippen molar-refractivity contribution >= 4 is 41.5 Å². The molecule has 6 heteroatoms. The van der Waals surface area contributed by atoms with Crippen molar-refractivity contribution in [1.82, 2.24) is 15.1 Å². The Balaban J connectivity index is 0.00000242. The zero-order valence-electron chi connectivity index (χ0n) is 13.6. The summed E-state index contributed by atoms with van der Waals surface area (Å²) in [6, 6.07) is 8.57. The number of likely N-dealkylation sites (N-methyl/N-ethyl adjacent to an activating group) is 1. The van der Waals surface area contributed by atoms with Crippen molar-refractivity contribution in [2.75, 3.05) is 34.2 Å². The normalized spacial score (nSPS) is 18.9. The zero-order valence-corrected chi connectivity index (χ0v) is 16.6. The summed E-state index contributed by atoms with van der Waals surface area (Å²) in [5.74, 6) is 0.935. The number of benzene rings is 1. The Morgan fingerprint density at radius 2 is 2.09 bits per heavy atom. The van der Waals surface area contributed by atoms with Gasteiger partial charge in [-0.2, -0.15) is 0 Å². The molecule has 1 fully saturated rings. The lowest BCUT2D eigenvalue weighted by Gasteiger charge is -2.25. The molecule has 1 aliphatic rings. The quantitative estimate of drug-likeness (QED) is 0.447. The first kappa shape index (κ1) is 19.5. The molecular weight excluding hydrogens is 411 g/mol. The van der Waals surface area contributed by atoms with Gasteiger partial charge in [0, 0.05) is 38.2 Å². The van der Waals surface area contributed by atoms with Gasteiger partial charge in [-0.05, 0) is 44.1 Å². The van der Waals surface area contributed by atoms with Crippen LogP contribution >= 0.6 is 35.6 Å². The van der Waals surface area contributed by atoms with E-state index in [0.29, 0.717) is 6.04 Å². The highest BCUT2D eigenvalue weighted by atomic mass is 127. The van der Waals surface area contributed by atoms with E-state index in [9.17, 15) is 0 Å². The number of rotatable bonds is 4. The number of nitrogens with zero attached hydrogens (tertiary/aromatic N) is 3. The number of hydrogen-bond donors (Lipinski definition) is 1. The van der Waals surface area contributed by atoms with E-state index in [-0.39, 0.29) is 24.0 Å². The van der Waals surface area contributed by atoms with Gasteiger partial charge < -0.3 is 15.1 Å². The van der Waals surface area contributed by atoms with Gasteiger partial charge in [0.1, 0.15) is 0 Å². The Bertz CT molecular complexity index is 478. The Hall–Kier alpha value is -0.530. The molecule has 1 aromatic carbocycles. The van der Waals surface area contributed by atoms with Gasteiger partial charge in [-0.1, -0.05) is 23.7 Å². The molecule has 1 unspecified atom stereocenters. The number of guanidine groups is 1. The van der Waals surface area contributed by atoms with E-state index in [1.54, 1.807) is 0 Å². The van der Waals surface area contributed by atoms with E-state index in [1.807, 2.05) is 19.2 Å². The van der Waals surface area contributed by atoms with Gasteiger partial charge in [0.2, 0.25) is 0 Å². The van der Waals surface area contributed by atoms with Gasteiger partial charge in [0.05, 0.1) is 0 Å². The van der Waals surface area contributed by atoms with Crippen LogP contribution in [-0.4, -0.2) is 56.0 Å². The Labute approximate surface area is 155 Å². The number of aliphatic imine (C=N–C) groups is 1. The molecule has 0 amide bonds. The molecule has 0 bridgehead atoms. The molecule has 0 aromatic heterocycles. The van der Waals surface area contributed by atoms with Crippen molar-refractivity contribution in [3.63, 3.8) is 0 Å². The van der Waals surface area contributed by atoms with E-state index in [2.05, 4.69) is 46.3 Å². The minimum absolute atomic E-state index is 0. The lowest BCUT2D eigenvalue weighted by atomic mass is 10.2. The molecule has 4 nitrogen and oxygen atoms in total. The monoisotopic (exact) mass is 436 g/mol. The second-order valence-electron chi connectivity index (χ2n) is 5.69. The maximum Gasteiger partial charge on any atom is 0.193 e. The van der Waals surface area contributed by atoms with E-state index in [0.717, 1.165) is 24.1 Å². The molecular formula is C16H26ClIN4. The van der Waals surface area contributed by atoms with Crippen LogP contribution < -0.4 is 5.32 Å². The van der Waals surface area contributed by atoms with Crippen LogP contribution in [0.2, 0.25) is 5.02 Å². The Kier molecular flexibility index (Phi) is 8.49. The molecule has 1 N–H and O–H groups in total. The number of halogens is 2. The average molecular weight is 437 g/mol. The molecule has 1 aromatic rings. The highest BCUT2D eigenvalue weighted by molar-refractivity contribution is 14.0. The third-order valence-electron chi connectivity index (χ3n) is 4.07. The van der Waals surface area contributed by atoms with Crippen molar-refractivity contribution in [3.05, 3.63) is 34.9 Å². The third kappa shape index (κ3) is 5.59. The van der Waals surface area contributed by atoms with Gasteiger partial charge >= 0.3 is 0 Å². The van der Waals surface area contributed by atoms with Crippen molar-refractivity contribution in [1.29, 1.82) is 0 Å². The van der Waals surface area contributed by atoms with Crippen molar-refractivity contribution in [2.45, 2.75) is 25.4 Å². The van der Waals surface area contributed by atoms with Crippen LogP contribution in [-0.2, 0) is 6.54 Å². The van der Waals surface area contributed by atoms with Crippen LogP contribution in [0.3, 0.4) is 0 Å². The molecule has 124 valence electrons. The predicted octanol–water partition coefficient (Wildman–Crippen LogP) is 3.06. The van der Waals surface area contributed by atoms with E-state index in [4.69, 9.17) is 11.6 Å². The fraction of sp³-hybridized carbons (Fsp3) is 0.562. The second kappa shape index (κ2) is 9.57. The number of likely N-dealkylation sites (tertiary alicyclic amines) is 1. The van der Waals surface area contributed by atoms with Crippen molar-refractivity contribution < 1.29 is 0 Å². The smallest absolute Gasteiger partial charge is 0.193 e. The maximum atomic E-state index is 5.92. The van der Waals surface area contributed by atoms with Crippen molar-refractivity contribution in [2.24, 2.45) is 4.99 Å².